The first-order valence-corrected chi connectivity index (χ1v) is 11.2. The van der Waals surface area contributed by atoms with Gasteiger partial charge in [0.1, 0.15) is 5.69 Å². The smallest absolute Gasteiger partial charge is 0.293 e. The minimum atomic E-state index is -0.497. The average Bonchev–Trinajstić information content (AvgIpc) is 3.58. The first-order chi connectivity index (χ1) is 17.7. The van der Waals surface area contributed by atoms with Crippen LogP contribution in [-0.4, -0.2) is 47.1 Å². The van der Waals surface area contributed by atoms with Gasteiger partial charge in [-0.15, -0.1) is 25.5 Å². The third-order valence-electron chi connectivity index (χ3n) is 5.80. The van der Waals surface area contributed by atoms with Gasteiger partial charge in [0.05, 0.1) is 23.0 Å². The number of benzene rings is 2. The van der Waals surface area contributed by atoms with E-state index >= 15 is 0 Å². The number of carbonyl (C=O) groups is 1. The Bertz CT molecular complexity index is 1720. The lowest BCUT2D eigenvalue weighted by Gasteiger charge is -2.10. The molecule has 10 nitrogen and oxygen atoms in total. The molecule has 0 aliphatic carbocycles. The zero-order valence-corrected chi connectivity index (χ0v) is 19.1. The van der Waals surface area contributed by atoms with Gasteiger partial charge in [0, 0.05) is 17.3 Å². The molecule has 0 spiro atoms. The van der Waals surface area contributed by atoms with Crippen molar-refractivity contribution in [2.24, 2.45) is 5.10 Å². The number of nitrogens with zero attached hydrogens (tertiary/aromatic N) is 7. The first kappa shape index (κ1) is 21.3. The number of H-pyrrole nitrogens is 1. The van der Waals surface area contributed by atoms with E-state index in [0.717, 1.165) is 22.4 Å². The number of fused-ring (bicyclic) bond motifs is 3. The fraction of sp³-hybridized carbons (Fsp3) is 0.0385. The quantitative estimate of drug-likeness (QED) is 0.290. The van der Waals surface area contributed by atoms with Crippen molar-refractivity contribution in [2.75, 3.05) is 0 Å². The maximum Gasteiger partial charge on any atom is 0.293 e. The first-order valence-electron chi connectivity index (χ1n) is 11.2. The lowest BCUT2D eigenvalue weighted by molar-refractivity contribution is 0.0947. The summed E-state index contributed by atoms with van der Waals surface area (Å²) in [5.74, 6) is -0.497. The van der Waals surface area contributed by atoms with Crippen LogP contribution in [0.1, 0.15) is 21.9 Å². The number of rotatable bonds is 5. The summed E-state index contributed by atoms with van der Waals surface area (Å²) in [4.78, 5) is 15.8. The van der Waals surface area contributed by atoms with Gasteiger partial charge in [0.15, 0.2) is 11.3 Å². The molecule has 0 radical (unpaired) electrons. The molecule has 36 heavy (non-hydrogen) atoms. The van der Waals surface area contributed by atoms with Crippen LogP contribution in [0.4, 0.5) is 0 Å². The number of nitrogens with one attached hydrogen (secondary N) is 2. The molecule has 1 amide bonds. The van der Waals surface area contributed by atoms with Gasteiger partial charge in [-0.05, 0) is 24.6 Å². The highest BCUT2D eigenvalue weighted by Gasteiger charge is 2.23. The number of carbonyl (C=O) groups excluding carboxylic acids is 1. The van der Waals surface area contributed by atoms with Crippen LogP contribution < -0.4 is 5.43 Å². The molecule has 6 rings (SSSR count). The molecule has 4 aromatic heterocycles. The Morgan fingerprint density at radius 2 is 1.67 bits per heavy atom. The van der Waals surface area contributed by atoms with Crippen molar-refractivity contribution in [2.45, 2.75) is 6.92 Å². The highest BCUT2D eigenvalue weighted by atomic mass is 16.2. The number of aryl methyl sites for hydroxylation is 1. The second-order valence-electron chi connectivity index (χ2n) is 8.05. The molecular weight excluding hydrogens is 454 g/mol. The van der Waals surface area contributed by atoms with Crippen LogP contribution in [0, 0.1) is 6.92 Å². The van der Waals surface area contributed by atoms with E-state index in [4.69, 9.17) is 0 Å². The largest absolute Gasteiger partial charge is 0.360 e. The number of hydrazone groups is 1. The molecule has 0 saturated heterocycles. The van der Waals surface area contributed by atoms with E-state index in [2.05, 4.69) is 41.0 Å². The molecule has 6 aromatic rings. The summed E-state index contributed by atoms with van der Waals surface area (Å²) in [7, 11) is 0. The topological polar surface area (TPSA) is 126 Å². The fourth-order valence-corrected chi connectivity index (χ4v) is 4.09. The Labute approximate surface area is 204 Å². The van der Waals surface area contributed by atoms with E-state index in [1.54, 1.807) is 17.6 Å². The standard InChI is InChI=1S/C26H19N9O/c1-16-22(26(36)33-28-15-19-13-8-14-27-19)29-32-25-21-20(17-9-4-2-5-10-17)23(18-11-6-3-7-12-18)30-31-24(21)34-35(16)25/h2-15,27H,1H3,(H,33,36)/b28-15+. The fourth-order valence-electron chi connectivity index (χ4n) is 4.09. The third kappa shape index (κ3) is 3.66. The summed E-state index contributed by atoms with van der Waals surface area (Å²) in [5.41, 5.74) is 8.18. The number of aromatic nitrogens is 7. The van der Waals surface area contributed by atoms with Crippen LogP contribution >= 0.6 is 0 Å². The third-order valence-corrected chi connectivity index (χ3v) is 5.80. The Morgan fingerprint density at radius 1 is 0.917 bits per heavy atom. The molecule has 0 fully saturated rings. The molecule has 0 aliphatic heterocycles. The van der Waals surface area contributed by atoms with E-state index in [9.17, 15) is 4.79 Å². The Balaban J connectivity index is 1.50. The SMILES string of the molecule is Cc1c(C(=O)N/N=C/c2ccc[nH]2)nnc2c3c(-c4ccccc4)c(-c4ccccc4)nnc3nn12. The van der Waals surface area contributed by atoms with Gasteiger partial charge >= 0.3 is 0 Å². The number of aromatic amines is 1. The predicted molar refractivity (Wildman–Crippen MR) is 135 cm³/mol. The highest BCUT2D eigenvalue weighted by Crippen LogP contribution is 2.37. The highest BCUT2D eigenvalue weighted by molar-refractivity contribution is 6.07. The van der Waals surface area contributed by atoms with Crippen molar-refractivity contribution in [3.63, 3.8) is 0 Å². The van der Waals surface area contributed by atoms with Crippen molar-refractivity contribution in [1.82, 2.24) is 40.4 Å². The van der Waals surface area contributed by atoms with Gasteiger partial charge in [0.2, 0.25) is 5.65 Å². The van der Waals surface area contributed by atoms with Crippen LogP contribution in [0.15, 0.2) is 84.1 Å². The summed E-state index contributed by atoms with van der Waals surface area (Å²) in [6.07, 6.45) is 3.28. The molecular formula is C26H19N9O. The molecule has 0 atom stereocenters. The molecule has 2 aromatic carbocycles. The second-order valence-corrected chi connectivity index (χ2v) is 8.05. The summed E-state index contributed by atoms with van der Waals surface area (Å²) in [5, 5.41) is 26.9. The van der Waals surface area contributed by atoms with Crippen LogP contribution in [0.3, 0.4) is 0 Å². The van der Waals surface area contributed by atoms with Crippen molar-refractivity contribution in [3.05, 3.63) is 96.1 Å². The van der Waals surface area contributed by atoms with Crippen LogP contribution in [0.2, 0.25) is 0 Å². The lowest BCUT2D eigenvalue weighted by Crippen LogP contribution is -2.22. The molecule has 2 N–H and O–H groups in total. The molecule has 0 unspecified atom stereocenters. The minimum absolute atomic E-state index is 0.108. The van der Waals surface area contributed by atoms with Gasteiger partial charge in [-0.1, -0.05) is 60.7 Å². The van der Waals surface area contributed by atoms with Gasteiger partial charge < -0.3 is 4.98 Å². The van der Waals surface area contributed by atoms with Crippen molar-refractivity contribution >= 4 is 28.8 Å². The van der Waals surface area contributed by atoms with Gasteiger partial charge in [0.25, 0.3) is 5.91 Å². The van der Waals surface area contributed by atoms with Crippen LogP contribution in [-0.2, 0) is 0 Å². The van der Waals surface area contributed by atoms with E-state index in [1.165, 1.54) is 6.21 Å². The van der Waals surface area contributed by atoms with Crippen LogP contribution in [0.5, 0.6) is 0 Å². The maximum absolute atomic E-state index is 12.8. The number of hydrogen-bond donors (Lipinski definition) is 2. The van der Waals surface area contributed by atoms with Gasteiger partial charge in [-0.3, -0.25) is 4.79 Å². The Hall–Kier alpha value is -5.25. The van der Waals surface area contributed by atoms with Crippen molar-refractivity contribution < 1.29 is 4.79 Å². The molecule has 0 aliphatic rings. The monoisotopic (exact) mass is 473 g/mol. The molecule has 4 heterocycles. The van der Waals surface area contributed by atoms with Crippen LogP contribution in [0.25, 0.3) is 39.1 Å². The minimum Gasteiger partial charge on any atom is -0.360 e. The number of amides is 1. The normalized spacial score (nSPS) is 11.5. The van der Waals surface area contributed by atoms with Gasteiger partial charge in [-0.25, -0.2) is 9.94 Å². The zero-order chi connectivity index (χ0) is 24.5. The number of hydrogen-bond acceptors (Lipinski definition) is 7. The maximum atomic E-state index is 12.8. The summed E-state index contributed by atoms with van der Waals surface area (Å²) < 4.78 is 1.58. The summed E-state index contributed by atoms with van der Waals surface area (Å²) in [6, 6.07) is 23.4. The predicted octanol–water partition coefficient (Wildman–Crippen LogP) is 3.80. The zero-order valence-electron chi connectivity index (χ0n) is 19.1. The lowest BCUT2D eigenvalue weighted by atomic mass is 9.97. The van der Waals surface area contributed by atoms with E-state index in [-0.39, 0.29) is 5.69 Å². The molecule has 0 saturated carbocycles. The van der Waals surface area contributed by atoms with Crippen molar-refractivity contribution in [1.29, 1.82) is 0 Å². The Kier molecular flexibility index (Phi) is 5.23. The average molecular weight is 474 g/mol. The Morgan fingerprint density at radius 3 is 2.39 bits per heavy atom. The molecule has 10 heteroatoms. The second kappa shape index (κ2) is 8.84. The molecule has 0 bridgehead atoms. The van der Waals surface area contributed by atoms with E-state index in [1.807, 2.05) is 72.8 Å². The summed E-state index contributed by atoms with van der Waals surface area (Å²) >= 11 is 0. The van der Waals surface area contributed by atoms with E-state index in [0.29, 0.717) is 28.1 Å². The molecule has 174 valence electrons. The summed E-state index contributed by atoms with van der Waals surface area (Å²) in [6.45, 7) is 1.75. The van der Waals surface area contributed by atoms with Gasteiger partial charge in [-0.2, -0.15) is 5.10 Å². The van der Waals surface area contributed by atoms with Crippen molar-refractivity contribution in [3.8, 4) is 22.4 Å². The van der Waals surface area contributed by atoms with E-state index < -0.39 is 5.91 Å².